The standard InChI is InChI=1S/C15H12Cl2O4S/c1-10-2-5-12(6-3-10)22(19,20)21-9-15(18)11-4-7-13(16)14(17)8-11/h2-8H,9H2,1H3. The smallest absolute Gasteiger partial charge is 0.291 e. The lowest BCUT2D eigenvalue weighted by Gasteiger charge is -2.06. The number of carbonyl (C=O) groups is 1. The Morgan fingerprint density at radius 3 is 2.27 bits per heavy atom. The van der Waals surface area contributed by atoms with E-state index in [0.717, 1.165) is 5.56 Å². The Hall–Kier alpha value is -1.40. The number of halogens is 2. The van der Waals surface area contributed by atoms with Crippen molar-refractivity contribution in [1.29, 1.82) is 0 Å². The van der Waals surface area contributed by atoms with E-state index in [1.54, 1.807) is 12.1 Å². The number of ketones is 1. The van der Waals surface area contributed by atoms with Crippen LogP contribution in [0.5, 0.6) is 0 Å². The Morgan fingerprint density at radius 2 is 1.68 bits per heavy atom. The molecule has 7 heteroatoms. The zero-order valence-corrected chi connectivity index (χ0v) is 13.9. The number of carbonyl (C=O) groups excluding carboxylic acids is 1. The van der Waals surface area contributed by atoms with Crippen molar-refractivity contribution in [3.05, 3.63) is 63.6 Å². The summed E-state index contributed by atoms with van der Waals surface area (Å²) in [6, 6.07) is 10.4. The predicted molar refractivity (Wildman–Crippen MR) is 85.1 cm³/mol. The first kappa shape index (κ1) is 17.0. The van der Waals surface area contributed by atoms with Crippen LogP contribution in [-0.4, -0.2) is 20.8 Å². The van der Waals surface area contributed by atoms with Gasteiger partial charge in [0, 0.05) is 5.56 Å². The van der Waals surface area contributed by atoms with Gasteiger partial charge in [0.25, 0.3) is 10.1 Å². The van der Waals surface area contributed by atoms with E-state index in [1.165, 1.54) is 30.3 Å². The summed E-state index contributed by atoms with van der Waals surface area (Å²) in [5.74, 6) is -0.505. The van der Waals surface area contributed by atoms with E-state index in [1.807, 2.05) is 6.92 Å². The van der Waals surface area contributed by atoms with Gasteiger partial charge in [0.05, 0.1) is 14.9 Å². The van der Waals surface area contributed by atoms with Crippen LogP contribution in [0.2, 0.25) is 10.0 Å². The molecule has 0 radical (unpaired) electrons. The van der Waals surface area contributed by atoms with E-state index >= 15 is 0 Å². The molecule has 0 N–H and O–H groups in total. The summed E-state index contributed by atoms with van der Waals surface area (Å²) in [7, 11) is -3.98. The first-order valence-electron chi connectivity index (χ1n) is 6.24. The normalized spacial score (nSPS) is 11.4. The molecule has 22 heavy (non-hydrogen) atoms. The molecular weight excluding hydrogens is 347 g/mol. The van der Waals surface area contributed by atoms with Crippen molar-refractivity contribution in [2.75, 3.05) is 6.61 Å². The molecule has 0 atom stereocenters. The fourth-order valence-corrected chi connectivity index (χ4v) is 2.82. The minimum Gasteiger partial charge on any atom is -0.291 e. The fourth-order valence-electron chi connectivity index (χ4n) is 1.66. The number of Topliss-reactive ketones (excluding diaryl/α,β-unsaturated/α-hetero) is 1. The second-order valence-electron chi connectivity index (χ2n) is 4.58. The third-order valence-electron chi connectivity index (χ3n) is 2.90. The molecule has 0 aliphatic carbocycles. The van der Waals surface area contributed by atoms with E-state index < -0.39 is 22.5 Å². The lowest BCUT2D eigenvalue weighted by atomic mass is 10.1. The minimum absolute atomic E-state index is 0.0000357. The van der Waals surface area contributed by atoms with Gasteiger partial charge in [-0.05, 0) is 37.3 Å². The van der Waals surface area contributed by atoms with Crippen LogP contribution < -0.4 is 0 Å². The Bertz CT molecular complexity index is 799. The highest BCUT2D eigenvalue weighted by Crippen LogP contribution is 2.23. The average molecular weight is 359 g/mol. The first-order valence-corrected chi connectivity index (χ1v) is 8.40. The van der Waals surface area contributed by atoms with Gasteiger partial charge in [-0.3, -0.25) is 8.98 Å². The van der Waals surface area contributed by atoms with E-state index in [-0.39, 0.29) is 15.5 Å². The Balaban J connectivity index is 2.09. The summed E-state index contributed by atoms with van der Waals surface area (Å²) < 4.78 is 28.7. The van der Waals surface area contributed by atoms with Gasteiger partial charge in [-0.2, -0.15) is 8.42 Å². The van der Waals surface area contributed by atoms with Crippen molar-refractivity contribution in [2.24, 2.45) is 0 Å². The minimum atomic E-state index is -3.98. The highest BCUT2D eigenvalue weighted by atomic mass is 35.5. The summed E-state index contributed by atoms with van der Waals surface area (Å²) in [5.41, 5.74) is 1.15. The van der Waals surface area contributed by atoms with Gasteiger partial charge in [0.15, 0.2) is 5.78 Å². The van der Waals surface area contributed by atoms with Crippen LogP contribution in [-0.2, 0) is 14.3 Å². The van der Waals surface area contributed by atoms with E-state index in [0.29, 0.717) is 5.02 Å². The molecule has 0 fully saturated rings. The summed E-state index contributed by atoms with van der Waals surface area (Å²) >= 11 is 11.6. The second kappa shape index (κ2) is 6.79. The average Bonchev–Trinajstić information content (AvgIpc) is 2.48. The molecule has 2 aromatic carbocycles. The Morgan fingerprint density at radius 1 is 1.05 bits per heavy atom. The number of benzene rings is 2. The van der Waals surface area contributed by atoms with Crippen molar-refractivity contribution in [3.63, 3.8) is 0 Å². The Kier molecular flexibility index (Phi) is 5.24. The summed E-state index contributed by atoms with van der Waals surface area (Å²) in [6.07, 6.45) is 0. The zero-order valence-electron chi connectivity index (χ0n) is 11.5. The molecule has 0 aliphatic heterocycles. The summed E-state index contributed by atoms with van der Waals surface area (Å²) in [4.78, 5) is 11.9. The lowest BCUT2D eigenvalue weighted by Crippen LogP contribution is -2.14. The van der Waals surface area contributed by atoms with Crippen LogP contribution in [0.4, 0.5) is 0 Å². The van der Waals surface area contributed by atoms with Crippen molar-refractivity contribution in [3.8, 4) is 0 Å². The van der Waals surface area contributed by atoms with E-state index in [4.69, 9.17) is 27.4 Å². The molecule has 4 nitrogen and oxygen atoms in total. The third-order valence-corrected chi connectivity index (χ3v) is 4.91. The zero-order chi connectivity index (χ0) is 16.3. The molecule has 2 rings (SSSR count). The van der Waals surface area contributed by atoms with Gasteiger partial charge in [-0.25, -0.2) is 0 Å². The molecule has 0 amide bonds. The van der Waals surface area contributed by atoms with Crippen molar-refractivity contribution in [2.45, 2.75) is 11.8 Å². The molecule has 0 saturated carbocycles. The Labute approximate surface area is 138 Å². The number of hydrogen-bond donors (Lipinski definition) is 0. The molecule has 0 aromatic heterocycles. The molecular formula is C15H12Cl2O4S. The van der Waals surface area contributed by atoms with Gasteiger partial charge >= 0.3 is 0 Å². The first-order chi connectivity index (χ1) is 10.3. The monoisotopic (exact) mass is 358 g/mol. The molecule has 116 valence electrons. The fraction of sp³-hybridized carbons (Fsp3) is 0.133. The van der Waals surface area contributed by atoms with Gasteiger partial charge < -0.3 is 0 Å². The van der Waals surface area contributed by atoms with Crippen LogP contribution in [0.15, 0.2) is 47.4 Å². The van der Waals surface area contributed by atoms with Crippen LogP contribution in [0.1, 0.15) is 15.9 Å². The number of hydrogen-bond acceptors (Lipinski definition) is 4. The quantitative estimate of drug-likeness (QED) is 0.600. The molecule has 2 aromatic rings. The predicted octanol–water partition coefficient (Wildman–Crippen LogP) is 3.89. The van der Waals surface area contributed by atoms with Gasteiger partial charge in [0.2, 0.25) is 0 Å². The van der Waals surface area contributed by atoms with Crippen molar-refractivity contribution < 1.29 is 17.4 Å². The highest BCUT2D eigenvalue weighted by Gasteiger charge is 2.18. The molecule has 0 unspecified atom stereocenters. The highest BCUT2D eigenvalue weighted by molar-refractivity contribution is 7.86. The van der Waals surface area contributed by atoms with E-state index in [9.17, 15) is 13.2 Å². The topological polar surface area (TPSA) is 60.4 Å². The summed E-state index contributed by atoms with van der Waals surface area (Å²) in [6.45, 7) is 1.24. The third kappa shape index (κ3) is 4.08. The van der Waals surface area contributed by atoms with Gasteiger partial charge in [0.1, 0.15) is 6.61 Å². The maximum Gasteiger partial charge on any atom is 0.297 e. The van der Waals surface area contributed by atoms with Gasteiger partial charge in [-0.1, -0.05) is 40.9 Å². The largest absolute Gasteiger partial charge is 0.297 e. The van der Waals surface area contributed by atoms with Crippen LogP contribution in [0, 0.1) is 6.92 Å². The molecule has 0 bridgehead atoms. The van der Waals surface area contributed by atoms with E-state index in [2.05, 4.69) is 0 Å². The number of aryl methyl sites for hydroxylation is 1. The lowest BCUT2D eigenvalue weighted by molar-refractivity contribution is 0.0924. The molecule has 0 spiro atoms. The number of rotatable bonds is 5. The molecule has 0 aliphatic rings. The summed E-state index contributed by atoms with van der Waals surface area (Å²) in [5, 5.41) is 0.528. The second-order valence-corrected chi connectivity index (χ2v) is 7.01. The van der Waals surface area contributed by atoms with Crippen LogP contribution in [0.3, 0.4) is 0 Å². The maximum absolute atomic E-state index is 12.0. The van der Waals surface area contributed by atoms with Crippen molar-refractivity contribution >= 4 is 39.1 Å². The molecule has 0 saturated heterocycles. The maximum atomic E-state index is 12.0. The molecule has 0 heterocycles. The van der Waals surface area contributed by atoms with Gasteiger partial charge in [-0.15, -0.1) is 0 Å². The van der Waals surface area contributed by atoms with Crippen LogP contribution in [0.25, 0.3) is 0 Å². The van der Waals surface area contributed by atoms with Crippen LogP contribution >= 0.6 is 23.2 Å². The SMILES string of the molecule is Cc1ccc(S(=O)(=O)OCC(=O)c2ccc(Cl)c(Cl)c2)cc1. The van der Waals surface area contributed by atoms with Crippen molar-refractivity contribution in [1.82, 2.24) is 0 Å².